The lowest BCUT2D eigenvalue weighted by Crippen LogP contribution is -2.44. The summed E-state index contributed by atoms with van der Waals surface area (Å²) in [7, 11) is 2.17. The summed E-state index contributed by atoms with van der Waals surface area (Å²) in [6.45, 7) is 7.84. The molecule has 178 valence electrons. The zero-order chi connectivity index (χ0) is 23.8. The number of hydrogen-bond donors (Lipinski definition) is 3. The van der Waals surface area contributed by atoms with Crippen LogP contribution in [0.3, 0.4) is 0 Å². The Morgan fingerprint density at radius 1 is 0.971 bits per heavy atom. The summed E-state index contributed by atoms with van der Waals surface area (Å²) in [5.41, 5.74) is 6.81. The van der Waals surface area contributed by atoms with Crippen LogP contribution in [0.5, 0.6) is 0 Å². The van der Waals surface area contributed by atoms with Gasteiger partial charge in [-0.3, -0.25) is 15.1 Å². The van der Waals surface area contributed by atoms with Crippen LogP contribution < -0.4 is 10.2 Å². The molecule has 1 saturated heterocycles. The maximum Gasteiger partial charge on any atom is 0.138 e. The molecular weight excluding hydrogens is 438 g/mol. The highest BCUT2D eigenvalue weighted by molar-refractivity contribution is 5.99. The minimum atomic E-state index is 0.787. The Labute approximate surface area is 203 Å². The van der Waals surface area contributed by atoms with Crippen LogP contribution in [-0.2, 0) is 6.54 Å². The van der Waals surface area contributed by atoms with Gasteiger partial charge in [0.1, 0.15) is 11.5 Å². The van der Waals surface area contributed by atoms with Gasteiger partial charge in [-0.15, -0.1) is 0 Å². The van der Waals surface area contributed by atoms with E-state index in [9.17, 15) is 0 Å². The summed E-state index contributed by atoms with van der Waals surface area (Å²) in [6, 6.07) is 8.43. The molecule has 0 atom stereocenters. The predicted octanol–water partition coefficient (Wildman–Crippen LogP) is 3.42. The van der Waals surface area contributed by atoms with E-state index in [2.05, 4.69) is 72.4 Å². The van der Waals surface area contributed by atoms with Gasteiger partial charge >= 0.3 is 0 Å². The number of pyridine rings is 3. The highest BCUT2D eigenvalue weighted by atomic mass is 15.3. The Kier molecular flexibility index (Phi) is 5.63. The number of aromatic amines is 2. The summed E-state index contributed by atoms with van der Waals surface area (Å²) in [6.07, 6.45) is 7.48. The molecule has 0 radical (unpaired) electrons. The van der Waals surface area contributed by atoms with E-state index in [0.717, 1.165) is 95.1 Å². The van der Waals surface area contributed by atoms with E-state index in [1.165, 1.54) is 0 Å². The Bertz CT molecular complexity index is 1480. The maximum atomic E-state index is 4.73. The average molecular weight is 468 g/mol. The van der Waals surface area contributed by atoms with Gasteiger partial charge in [0.05, 0.1) is 28.6 Å². The number of H-pyrrole nitrogens is 2. The van der Waals surface area contributed by atoms with Crippen LogP contribution in [-0.4, -0.2) is 74.8 Å². The summed E-state index contributed by atoms with van der Waals surface area (Å²) in [5.74, 6) is 1.03. The standard InChI is InChI=1S/C26H29N9/c1-3-27-13-17-10-18(15-28-14-17)22-11-19-24(16-30-22)32-33-25(19)23-12-20-21(31-23)4-5-29-26(20)35-8-6-34(2)7-9-35/h4-5,10-12,14-16,27,31H,3,6-9,13H2,1-2H3,(H,32,33). The molecule has 0 unspecified atom stereocenters. The van der Waals surface area contributed by atoms with E-state index in [0.29, 0.717) is 0 Å². The van der Waals surface area contributed by atoms with Crippen LogP contribution in [0.1, 0.15) is 12.5 Å². The van der Waals surface area contributed by atoms with Crippen molar-refractivity contribution in [3.63, 3.8) is 0 Å². The maximum absolute atomic E-state index is 4.73. The summed E-state index contributed by atoms with van der Waals surface area (Å²) in [4.78, 5) is 22.1. The van der Waals surface area contributed by atoms with Crippen LogP contribution in [0, 0.1) is 0 Å². The molecule has 5 aromatic rings. The number of aromatic nitrogens is 6. The van der Waals surface area contributed by atoms with Crippen LogP contribution in [0.25, 0.3) is 44.5 Å². The molecule has 0 amide bonds. The van der Waals surface area contributed by atoms with E-state index >= 15 is 0 Å². The molecule has 0 aliphatic carbocycles. The van der Waals surface area contributed by atoms with Crippen LogP contribution in [0.4, 0.5) is 5.82 Å². The molecule has 0 aromatic carbocycles. The summed E-state index contributed by atoms with van der Waals surface area (Å²) in [5, 5.41) is 13.3. The van der Waals surface area contributed by atoms with Crippen molar-refractivity contribution in [1.82, 2.24) is 40.3 Å². The zero-order valence-electron chi connectivity index (χ0n) is 20.0. The van der Waals surface area contributed by atoms with E-state index in [4.69, 9.17) is 4.98 Å². The van der Waals surface area contributed by atoms with E-state index in [1.807, 2.05) is 30.9 Å². The Balaban J connectivity index is 1.38. The molecule has 6 rings (SSSR count). The van der Waals surface area contributed by atoms with Gasteiger partial charge in [0, 0.05) is 67.7 Å². The number of nitrogens with one attached hydrogen (secondary N) is 3. The Hall–Kier alpha value is -3.82. The number of likely N-dealkylation sites (N-methyl/N-ethyl adjacent to an activating group) is 1. The van der Waals surface area contributed by atoms with Gasteiger partial charge in [0.15, 0.2) is 0 Å². The molecule has 5 aromatic heterocycles. The lowest BCUT2D eigenvalue weighted by atomic mass is 10.1. The summed E-state index contributed by atoms with van der Waals surface area (Å²) < 4.78 is 0. The first kappa shape index (κ1) is 21.7. The normalized spacial score (nSPS) is 14.9. The number of fused-ring (bicyclic) bond motifs is 2. The SMILES string of the molecule is CCNCc1cncc(-c2cc3c(-c4cc5c(N6CCN(C)CC6)nccc5[nH]4)n[nH]c3cn2)c1. The molecular formula is C26H29N9. The smallest absolute Gasteiger partial charge is 0.138 e. The van der Waals surface area contributed by atoms with Gasteiger partial charge in [0.2, 0.25) is 0 Å². The zero-order valence-corrected chi connectivity index (χ0v) is 20.0. The second kappa shape index (κ2) is 9.09. The van der Waals surface area contributed by atoms with Crippen molar-refractivity contribution in [3.8, 4) is 22.6 Å². The Morgan fingerprint density at radius 3 is 2.71 bits per heavy atom. The molecule has 35 heavy (non-hydrogen) atoms. The molecule has 6 heterocycles. The topological polar surface area (TPSA) is 102 Å². The molecule has 0 bridgehead atoms. The van der Waals surface area contributed by atoms with Crippen LogP contribution >= 0.6 is 0 Å². The van der Waals surface area contributed by atoms with Crippen molar-refractivity contribution < 1.29 is 0 Å². The average Bonchev–Trinajstić information content (AvgIpc) is 3.51. The van der Waals surface area contributed by atoms with Gasteiger partial charge in [-0.2, -0.15) is 5.10 Å². The molecule has 9 heteroatoms. The fourth-order valence-corrected chi connectivity index (χ4v) is 4.71. The molecule has 0 spiro atoms. The van der Waals surface area contributed by atoms with Crippen molar-refractivity contribution in [2.45, 2.75) is 13.5 Å². The number of hydrogen-bond acceptors (Lipinski definition) is 7. The lowest BCUT2D eigenvalue weighted by Gasteiger charge is -2.33. The first-order valence-corrected chi connectivity index (χ1v) is 12.1. The van der Waals surface area contributed by atoms with Crippen LogP contribution in [0.15, 0.2) is 49.1 Å². The predicted molar refractivity (Wildman–Crippen MR) is 139 cm³/mol. The van der Waals surface area contributed by atoms with Crippen molar-refractivity contribution in [2.24, 2.45) is 0 Å². The highest BCUT2D eigenvalue weighted by Gasteiger charge is 2.20. The fourth-order valence-electron chi connectivity index (χ4n) is 4.71. The second-order valence-corrected chi connectivity index (χ2v) is 9.12. The molecule has 9 nitrogen and oxygen atoms in total. The van der Waals surface area contributed by atoms with Crippen molar-refractivity contribution in [3.05, 3.63) is 54.6 Å². The van der Waals surface area contributed by atoms with Crippen molar-refractivity contribution >= 4 is 27.6 Å². The number of anilines is 1. The minimum Gasteiger partial charge on any atom is -0.353 e. The number of nitrogens with zero attached hydrogens (tertiary/aromatic N) is 6. The monoisotopic (exact) mass is 467 g/mol. The van der Waals surface area contributed by atoms with E-state index in [1.54, 1.807) is 0 Å². The largest absolute Gasteiger partial charge is 0.353 e. The molecule has 0 saturated carbocycles. The van der Waals surface area contributed by atoms with Gasteiger partial charge in [-0.1, -0.05) is 6.92 Å². The fraction of sp³-hybridized carbons (Fsp3) is 0.308. The molecule has 1 aliphatic rings. The quantitative estimate of drug-likeness (QED) is 0.352. The van der Waals surface area contributed by atoms with Crippen molar-refractivity contribution in [2.75, 3.05) is 44.7 Å². The van der Waals surface area contributed by atoms with E-state index in [-0.39, 0.29) is 0 Å². The van der Waals surface area contributed by atoms with Crippen molar-refractivity contribution in [1.29, 1.82) is 0 Å². The third-order valence-corrected chi connectivity index (χ3v) is 6.70. The van der Waals surface area contributed by atoms with Gasteiger partial charge in [0.25, 0.3) is 0 Å². The summed E-state index contributed by atoms with van der Waals surface area (Å²) >= 11 is 0. The first-order chi connectivity index (χ1) is 17.2. The van der Waals surface area contributed by atoms with Gasteiger partial charge in [-0.25, -0.2) is 4.98 Å². The molecule has 1 fully saturated rings. The van der Waals surface area contributed by atoms with Crippen LogP contribution in [0.2, 0.25) is 0 Å². The lowest BCUT2D eigenvalue weighted by molar-refractivity contribution is 0.312. The molecule has 3 N–H and O–H groups in total. The number of rotatable bonds is 6. The minimum absolute atomic E-state index is 0.787. The third kappa shape index (κ3) is 4.13. The van der Waals surface area contributed by atoms with Gasteiger partial charge < -0.3 is 20.1 Å². The molecule has 1 aliphatic heterocycles. The first-order valence-electron chi connectivity index (χ1n) is 12.1. The highest BCUT2D eigenvalue weighted by Crippen LogP contribution is 2.33. The second-order valence-electron chi connectivity index (χ2n) is 9.12. The Morgan fingerprint density at radius 2 is 1.86 bits per heavy atom. The third-order valence-electron chi connectivity index (χ3n) is 6.70. The van der Waals surface area contributed by atoms with Gasteiger partial charge in [-0.05, 0) is 43.4 Å². The van der Waals surface area contributed by atoms with E-state index < -0.39 is 0 Å². The number of piperazine rings is 1.